The molecule has 3 aromatic carbocycles. The van der Waals surface area contributed by atoms with E-state index in [2.05, 4.69) is 5.16 Å². The second-order valence-corrected chi connectivity index (χ2v) is 8.99. The predicted octanol–water partition coefficient (Wildman–Crippen LogP) is 4.49. The Labute approximate surface area is 171 Å². The van der Waals surface area contributed by atoms with Gasteiger partial charge in [0.05, 0.1) is 16.4 Å². The first kappa shape index (κ1) is 19.1. The molecule has 0 N–H and O–H groups in total. The molecule has 0 saturated heterocycles. The Hall–Kier alpha value is -3.21. The summed E-state index contributed by atoms with van der Waals surface area (Å²) in [5.41, 5.74) is 1.11. The number of nitrogens with zero attached hydrogens (tertiary/aromatic N) is 2. The number of carbonyl (C=O) groups excluding carboxylic acids is 1. The van der Waals surface area contributed by atoms with E-state index in [4.69, 9.17) is 16.1 Å². The van der Waals surface area contributed by atoms with Crippen LogP contribution in [0.3, 0.4) is 0 Å². The van der Waals surface area contributed by atoms with E-state index < -0.39 is 20.9 Å². The van der Waals surface area contributed by atoms with Crippen LogP contribution in [0.4, 0.5) is 0 Å². The molecule has 0 aliphatic carbocycles. The molecule has 29 heavy (non-hydrogen) atoms. The highest BCUT2D eigenvalue weighted by molar-refractivity contribution is 7.93. The van der Waals surface area contributed by atoms with Crippen molar-refractivity contribution in [2.24, 2.45) is 0 Å². The second-order valence-electron chi connectivity index (χ2n) is 6.52. The van der Waals surface area contributed by atoms with Gasteiger partial charge < -0.3 is 4.52 Å². The minimum absolute atomic E-state index is 0.184. The Morgan fingerprint density at radius 1 is 1.17 bits per heavy atom. The second kappa shape index (κ2) is 6.99. The molecule has 1 heterocycles. The molecule has 0 saturated carbocycles. The van der Waals surface area contributed by atoms with Crippen molar-refractivity contribution in [3.05, 3.63) is 70.9 Å². The van der Waals surface area contributed by atoms with Gasteiger partial charge >= 0.3 is 0 Å². The third-order valence-electron chi connectivity index (χ3n) is 4.71. The molecule has 0 spiro atoms. The van der Waals surface area contributed by atoms with Crippen LogP contribution < -0.4 is 0 Å². The van der Waals surface area contributed by atoms with Crippen molar-refractivity contribution in [1.82, 2.24) is 5.16 Å². The number of ketones is 1. The molecule has 1 aromatic heterocycles. The summed E-state index contributed by atoms with van der Waals surface area (Å²) in [7, 11) is -4.29. The first-order valence-electron chi connectivity index (χ1n) is 8.55. The summed E-state index contributed by atoms with van der Waals surface area (Å²) in [6.45, 7) is 1.90. The largest absolute Gasteiger partial charge is 0.355 e. The number of aryl methyl sites for hydroxylation is 1. The number of carbonyl (C=O) groups is 1. The Balaban J connectivity index is 1.86. The third kappa shape index (κ3) is 3.07. The molecule has 0 aliphatic heterocycles. The lowest BCUT2D eigenvalue weighted by Crippen LogP contribution is -2.29. The van der Waals surface area contributed by atoms with Gasteiger partial charge in [0, 0.05) is 10.4 Å². The van der Waals surface area contributed by atoms with E-state index in [-0.39, 0.29) is 15.6 Å². The number of benzene rings is 3. The summed E-state index contributed by atoms with van der Waals surface area (Å²) in [6.07, 6.45) is 0. The molecule has 0 bridgehead atoms. The van der Waals surface area contributed by atoms with Gasteiger partial charge in [0.2, 0.25) is 20.9 Å². The molecule has 0 radical (unpaired) electrons. The zero-order chi connectivity index (χ0) is 20.8. The van der Waals surface area contributed by atoms with Crippen molar-refractivity contribution in [2.75, 3.05) is 0 Å². The first-order chi connectivity index (χ1) is 13.8. The summed E-state index contributed by atoms with van der Waals surface area (Å²) in [6, 6.07) is 16.2. The number of hydrogen-bond donors (Lipinski definition) is 0. The Morgan fingerprint density at radius 2 is 1.93 bits per heavy atom. The number of rotatable bonds is 4. The highest BCUT2D eigenvalue weighted by Gasteiger charge is 2.37. The molecule has 0 amide bonds. The van der Waals surface area contributed by atoms with Gasteiger partial charge in [0.25, 0.3) is 0 Å². The maximum Gasteiger partial charge on any atom is 0.218 e. The monoisotopic (exact) mass is 424 g/mol. The molecule has 1 atom stereocenters. The number of fused-ring (bicyclic) bond motifs is 3. The van der Waals surface area contributed by atoms with Crippen molar-refractivity contribution in [3.63, 3.8) is 0 Å². The molecule has 6 nitrogen and oxygen atoms in total. The van der Waals surface area contributed by atoms with Crippen LogP contribution in [0.2, 0.25) is 5.02 Å². The van der Waals surface area contributed by atoms with Crippen LogP contribution in [0, 0.1) is 18.3 Å². The standard InChI is InChI=1S/C21H13ClN2O4S/c1-12-4-2-5-13-8-9-16-19(24-28-21(16)18(12)13)20(25)17(11-23)29(26,27)15-7-3-6-14(22)10-15/h2-10,17H,1H3. The van der Waals surface area contributed by atoms with Gasteiger partial charge in [-0.25, -0.2) is 8.42 Å². The smallest absolute Gasteiger partial charge is 0.218 e. The van der Waals surface area contributed by atoms with E-state index in [0.717, 1.165) is 16.3 Å². The summed E-state index contributed by atoms with van der Waals surface area (Å²) < 4.78 is 31.2. The molecule has 4 aromatic rings. The molecular formula is C21H13ClN2O4S. The van der Waals surface area contributed by atoms with Crippen LogP contribution in [0.5, 0.6) is 0 Å². The SMILES string of the molecule is Cc1cccc2ccc3c(C(=O)C(C#N)S(=O)(=O)c4cccc(Cl)c4)noc3c12. The molecule has 0 fully saturated rings. The van der Waals surface area contributed by atoms with Gasteiger partial charge in [-0.3, -0.25) is 4.79 Å². The summed E-state index contributed by atoms with van der Waals surface area (Å²) in [5.74, 6) is -0.945. The fourth-order valence-electron chi connectivity index (χ4n) is 3.30. The molecule has 4 rings (SSSR count). The number of sulfone groups is 1. The van der Waals surface area contributed by atoms with Crippen LogP contribution in [0.1, 0.15) is 16.1 Å². The summed E-state index contributed by atoms with van der Waals surface area (Å²) >= 11 is 5.87. The molecular weight excluding hydrogens is 412 g/mol. The predicted molar refractivity (Wildman–Crippen MR) is 109 cm³/mol. The van der Waals surface area contributed by atoms with Crippen molar-refractivity contribution in [2.45, 2.75) is 17.1 Å². The van der Waals surface area contributed by atoms with Crippen LogP contribution in [0.15, 0.2) is 64.0 Å². The van der Waals surface area contributed by atoms with Gasteiger partial charge in [0.15, 0.2) is 11.3 Å². The normalized spacial score (nSPS) is 12.7. The third-order valence-corrected chi connectivity index (χ3v) is 6.80. The van der Waals surface area contributed by atoms with Gasteiger partial charge in [-0.2, -0.15) is 5.26 Å². The van der Waals surface area contributed by atoms with Crippen LogP contribution in [0.25, 0.3) is 21.7 Å². The number of aromatic nitrogens is 1. The number of Topliss-reactive ketones (excluding diaryl/α,β-unsaturated/α-hetero) is 1. The van der Waals surface area contributed by atoms with Gasteiger partial charge in [-0.05, 0) is 42.1 Å². The van der Waals surface area contributed by atoms with E-state index >= 15 is 0 Å². The molecule has 1 unspecified atom stereocenters. The highest BCUT2D eigenvalue weighted by atomic mass is 35.5. The molecule has 8 heteroatoms. The van der Waals surface area contributed by atoms with Crippen molar-refractivity contribution >= 4 is 49.0 Å². The van der Waals surface area contributed by atoms with Crippen LogP contribution in [-0.2, 0) is 9.84 Å². The summed E-state index contributed by atoms with van der Waals surface area (Å²) in [5, 5.41) is 13.6. The highest BCUT2D eigenvalue weighted by Crippen LogP contribution is 2.31. The van der Waals surface area contributed by atoms with Crippen molar-refractivity contribution in [3.8, 4) is 6.07 Å². The zero-order valence-electron chi connectivity index (χ0n) is 15.1. The van der Waals surface area contributed by atoms with Gasteiger partial charge in [0.1, 0.15) is 0 Å². The Bertz CT molecular complexity index is 1430. The van der Waals surface area contributed by atoms with E-state index in [1.54, 1.807) is 18.2 Å². The lowest BCUT2D eigenvalue weighted by Gasteiger charge is -2.09. The molecule has 144 valence electrons. The fraction of sp³-hybridized carbons (Fsp3) is 0.0952. The average molecular weight is 425 g/mol. The fourth-order valence-corrected chi connectivity index (χ4v) is 4.91. The Morgan fingerprint density at radius 3 is 2.66 bits per heavy atom. The van der Waals surface area contributed by atoms with Gasteiger partial charge in [-0.1, -0.05) is 47.1 Å². The van der Waals surface area contributed by atoms with Crippen LogP contribution in [-0.4, -0.2) is 24.6 Å². The topological polar surface area (TPSA) is 101 Å². The quantitative estimate of drug-likeness (QED) is 0.447. The Kier molecular flexibility index (Phi) is 4.61. The van der Waals surface area contributed by atoms with E-state index in [0.29, 0.717) is 11.0 Å². The average Bonchev–Trinajstić information content (AvgIpc) is 3.12. The van der Waals surface area contributed by atoms with E-state index in [1.807, 2.05) is 25.1 Å². The number of nitriles is 1. The molecule has 0 aliphatic rings. The minimum Gasteiger partial charge on any atom is -0.355 e. The maximum atomic E-state index is 13.0. The summed E-state index contributed by atoms with van der Waals surface area (Å²) in [4.78, 5) is 12.8. The van der Waals surface area contributed by atoms with Crippen molar-refractivity contribution in [1.29, 1.82) is 5.26 Å². The van der Waals surface area contributed by atoms with Gasteiger partial charge in [-0.15, -0.1) is 0 Å². The number of hydrogen-bond acceptors (Lipinski definition) is 6. The maximum absolute atomic E-state index is 13.0. The van der Waals surface area contributed by atoms with Crippen LogP contribution >= 0.6 is 11.6 Å². The number of halogens is 1. The van der Waals surface area contributed by atoms with E-state index in [9.17, 15) is 18.5 Å². The lowest BCUT2D eigenvalue weighted by atomic mass is 10.0. The lowest BCUT2D eigenvalue weighted by molar-refractivity contribution is 0.0993. The minimum atomic E-state index is -4.29. The first-order valence-corrected chi connectivity index (χ1v) is 10.5. The zero-order valence-corrected chi connectivity index (χ0v) is 16.7. The van der Waals surface area contributed by atoms with E-state index in [1.165, 1.54) is 24.3 Å². The van der Waals surface area contributed by atoms with Crippen molar-refractivity contribution < 1.29 is 17.7 Å².